The predicted molar refractivity (Wildman–Crippen MR) is 58.5 cm³/mol. The Kier molecular flexibility index (Phi) is 4.79. The molecule has 1 heterocycles. The molecular formula is C9H11N3O2S. The van der Waals surface area contributed by atoms with Gasteiger partial charge in [0.1, 0.15) is 5.82 Å². The fourth-order valence-electron chi connectivity index (χ4n) is 1.06. The quantitative estimate of drug-likeness (QED) is 0.809. The SMILES string of the molecule is O=C(N=S)Nc1ccc(CCCO)cn1. The molecule has 0 aromatic carbocycles. The summed E-state index contributed by atoms with van der Waals surface area (Å²) in [6.45, 7) is 0.160. The Labute approximate surface area is 92.7 Å². The largest absolute Gasteiger partial charge is 0.396 e. The second kappa shape index (κ2) is 6.15. The minimum absolute atomic E-state index is 0.160. The summed E-state index contributed by atoms with van der Waals surface area (Å²) in [5, 5.41) is 11.0. The number of aliphatic hydroxyl groups excluding tert-OH is 1. The summed E-state index contributed by atoms with van der Waals surface area (Å²) in [4.78, 5) is 14.8. The lowest BCUT2D eigenvalue weighted by molar-refractivity contribution is 0.260. The van der Waals surface area contributed by atoms with Crippen LogP contribution in [0.2, 0.25) is 0 Å². The van der Waals surface area contributed by atoms with Crippen LogP contribution in [0.3, 0.4) is 0 Å². The molecule has 0 aliphatic heterocycles. The molecule has 80 valence electrons. The van der Waals surface area contributed by atoms with Gasteiger partial charge in [0.25, 0.3) is 0 Å². The highest BCUT2D eigenvalue weighted by atomic mass is 32.1. The zero-order chi connectivity index (χ0) is 11.1. The lowest BCUT2D eigenvalue weighted by atomic mass is 10.2. The number of urea groups is 1. The summed E-state index contributed by atoms with van der Waals surface area (Å²) in [6, 6.07) is 2.91. The molecule has 0 aliphatic carbocycles. The van der Waals surface area contributed by atoms with Crippen LogP contribution in [0.1, 0.15) is 12.0 Å². The van der Waals surface area contributed by atoms with Crippen molar-refractivity contribution in [3.8, 4) is 0 Å². The third-order valence-corrected chi connectivity index (χ3v) is 1.93. The summed E-state index contributed by atoms with van der Waals surface area (Å²) >= 11 is 4.21. The van der Waals surface area contributed by atoms with Crippen LogP contribution in [0.5, 0.6) is 0 Å². The van der Waals surface area contributed by atoms with Crippen LogP contribution < -0.4 is 5.32 Å². The van der Waals surface area contributed by atoms with Gasteiger partial charge < -0.3 is 5.11 Å². The maximum atomic E-state index is 10.8. The van der Waals surface area contributed by atoms with E-state index >= 15 is 0 Å². The van der Waals surface area contributed by atoms with Crippen molar-refractivity contribution in [3.05, 3.63) is 23.9 Å². The maximum absolute atomic E-state index is 10.8. The van der Waals surface area contributed by atoms with Crippen molar-refractivity contribution >= 4 is 24.3 Å². The van der Waals surface area contributed by atoms with Crippen LogP contribution >= 0.6 is 0 Å². The van der Waals surface area contributed by atoms with Crippen LogP contribution in [0.25, 0.3) is 0 Å². The van der Waals surface area contributed by atoms with Gasteiger partial charge in [0.05, 0.1) is 0 Å². The normalized spacial score (nSPS) is 9.67. The topological polar surface area (TPSA) is 74.6 Å². The molecule has 0 radical (unpaired) electrons. The van der Waals surface area contributed by atoms with Crippen LogP contribution in [0.15, 0.2) is 22.7 Å². The first-order valence-electron chi connectivity index (χ1n) is 4.46. The minimum atomic E-state index is -0.597. The molecule has 0 bridgehead atoms. The van der Waals surface area contributed by atoms with Gasteiger partial charge in [-0.2, -0.15) is 0 Å². The summed E-state index contributed by atoms with van der Waals surface area (Å²) in [5.41, 5.74) is 1.01. The van der Waals surface area contributed by atoms with Gasteiger partial charge in [0.15, 0.2) is 0 Å². The molecule has 0 saturated heterocycles. The molecule has 2 amide bonds. The van der Waals surface area contributed by atoms with Crippen molar-refractivity contribution in [3.63, 3.8) is 0 Å². The number of carbonyl (C=O) groups excluding carboxylic acids is 1. The van der Waals surface area contributed by atoms with Crippen molar-refractivity contribution in [1.29, 1.82) is 0 Å². The molecule has 2 N–H and O–H groups in total. The van der Waals surface area contributed by atoms with Crippen molar-refractivity contribution in [1.82, 2.24) is 4.98 Å². The van der Waals surface area contributed by atoms with Crippen LogP contribution in [-0.2, 0) is 18.8 Å². The molecule has 5 nitrogen and oxygen atoms in total. The van der Waals surface area contributed by atoms with E-state index in [4.69, 9.17) is 5.11 Å². The first kappa shape index (κ1) is 11.7. The Hall–Kier alpha value is -1.40. The van der Waals surface area contributed by atoms with E-state index < -0.39 is 6.03 Å². The fourth-order valence-corrected chi connectivity index (χ4v) is 1.11. The van der Waals surface area contributed by atoms with E-state index in [1.165, 1.54) is 0 Å². The van der Waals surface area contributed by atoms with Gasteiger partial charge in [-0.1, -0.05) is 6.07 Å². The number of aromatic nitrogens is 1. The van der Waals surface area contributed by atoms with Gasteiger partial charge in [0, 0.05) is 25.2 Å². The van der Waals surface area contributed by atoms with E-state index in [2.05, 4.69) is 27.1 Å². The number of amides is 2. The molecule has 1 aromatic rings. The van der Waals surface area contributed by atoms with Crippen LogP contribution in [0, 0.1) is 0 Å². The summed E-state index contributed by atoms with van der Waals surface area (Å²) < 4.78 is 3.02. The van der Waals surface area contributed by atoms with Gasteiger partial charge >= 0.3 is 6.03 Å². The molecule has 0 unspecified atom stereocenters. The maximum Gasteiger partial charge on any atom is 0.357 e. The lowest BCUT2D eigenvalue weighted by Gasteiger charge is -2.02. The number of hydrogen-bond donors (Lipinski definition) is 2. The number of hydrogen-bond acceptors (Lipinski definition) is 4. The highest BCUT2D eigenvalue weighted by Gasteiger charge is 2.00. The van der Waals surface area contributed by atoms with Gasteiger partial charge in [0.2, 0.25) is 0 Å². The van der Waals surface area contributed by atoms with Gasteiger partial charge in [-0.15, -0.1) is 4.36 Å². The Balaban J connectivity index is 2.55. The highest BCUT2D eigenvalue weighted by Crippen LogP contribution is 2.07. The predicted octanol–water partition coefficient (Wildman–Crippen LogP) is 1.27. The zero-order valence-corrected chi connectivity index (χ0v) is 8.83. The first-order chi connectivity index (χ1) is 7.26. The Morgan fingerprint density at radius 3 is 2.93 bits per heavy atom. The average molecular weight is 225 g/mol. The second-order valence-electron chi connectivity index (χ2n) is 2.90. The summed E-state index contributed by atoms with van der Waals surface area (Å²) in [6.07, 6.45) is 3.12. The van der Waals surface area contributed by atoms with E-state index in [-0.39, 0.29) is 6.61 Å². The molecule has 6 heteroatoms. The average Bonchev–Trinajstić information content (AvgIpc) is 2.28. The molecule has 1 aromatic heterocycles. The third-order valence-electron chi connectivity index (χ3n) is 1.77. The Morgan fingerprint density at radius 1 is 1.60 bits per heavy atom. The zero-order valence-electron chi connectivity index (χ0n) is 8.01. The van der Waals surface area contributed by atoms with Gasteiger partial charge in [-0.25, -0.2) is 9.78 Å². The Bertz CT molecular complexity index is 340. The molecule has 0 saturated carbocycles. The number of aryl methyl sites for hydroxylation is 1. The van der Waals surface area contributed by atoms with Crippen molar-refractivity contribution in [2.24, 2.45) is 4.36 Å². The summed E-state index contributed by atoms with van der Waals surface area (Å²) in [7, 11) is 0. The molecule has 1 rings (SSSR count). The molecular weight excluding hydrogens is 214 g/mol. The van der Waals surface area contributed by atoms with Gasteiger partial charge in [-0.05, 0) is 24.5 Å². The van der Waals surface area contributed by atoms with E-state index in [0.717, 1.165) is 12.0 Å². The lowest BCUT2D eigenvalue weighted by Crippen LogP contribution is -2.06. The number of carbonyl (C=O) groups is 1. The molecule has 0 atom stereocenters. The number of pyridine rings is 1. The second-order valence-corrected chi connectivity index (χ2v) is 3.08. The Morgan fingerprint density at radius 2 is 2.40 bits per heavy atom. The molecule has 15 heavy (non-hydrogen) atoms. The van der Waals surface area contributed by atoms with Crippen molar-refractivity contribution in [2.45, 2.75) is 12.8 Å². The molecule has 0 spiro atoms. The molecule has 0 fully saturated rings. The fraction of sp³-hybridized carbons (Fsp3) is 0.333. The summed E-state index contributed by atoms with van der Waals surface area (Å²) in [5.74, 6) is 0.418. The van der Waals surface area contributed by atoms with E-state index in [0.29, 0.717) is 12.2 Å². The first-order valence-corrected chi connectivity index (χ1v) is 4.83. The number of aliphatic hydroxyl groups is 1. The van der Waals surface area contributed by atoms with Crippen LogP contribution in [-0.4, -0.2) is 22.7 Å². The highest BCUT2D eigenvalue weighted by molar-refractivity contribution is 7.47. The monoisotopic (exact) mass is 225 g/mol. The number of nitrogens with one attached hydrogen (secondary N) is 1. The number of anilines is 1. The van der Waals surface area contributed by atoms with Crippen molar-refractivity contribution < 1.29 is 9.90 Å². The van der Waals surface area contributed by atoms with Crippen LogP contribution in [0.4, 0.5) is 10.6 Å². The van der Waals surface area contributed by atoms with Gasteiger partial charge in [-0.3, -0.25) is 5.32 Å². The molecule has 0 aliphatic rings. The number of nitrogens with zero attached hydrogens (tertiary/aromatic N) is 2. The minimum Gasteiger partial charge on any atom is -0.396 e. The standard InChI is InChI=1S/C9H11N3O2S/c13-5-1-2-7-3-4-8(10-6-7)11-9(14)12-15/h3-4,6,13H,1-2,5H2,(H,10,11,14). The smallest absolute Gasteiger partial charge is 0.357 e. The van der Waals surface area contributed by atoms with E-state index in [1.54, 1.807) is 12.3 Å². The van der Waals surface area contributed by atoms with E-state index in [1.807, 2.05) is 6.07 Å². The third kappa shape index (κ3) is 4.09. The van der Waals surface area contributed by atoms with E-state index in [9.17, 15) is 4.79 Å². The number of rotatable bonds is 4. The van der Waals surface area contributed by atoms with Crippen molar-refractivity contribution in [2.75, 3.05) is 11.9 Å².